The van der Waals surface area contributed by atoms with Crippen LogP contribution in [-0.4, -0.2) is 42.5 Å². The summed E-state index contributed by atoms with van der Waals surface area (Å²) in [7, 11) is 0. The summed E-state index contributed by atoms with van der Waals surface area (Å²) in [6.07, 6.45) is 5.71. The number of hydrogen-bond donors (Lipinski definition) is 1. The molecule has 3 aromatic rings. The molecule has 0 bridgehead atoms. The lowest BCUT2D eigenvalue weighted by molar-refractivity contribution is 0.0954. The Balaban J connectivity index is 1.44. The van der Waals surface area contributed by atoms with Crippen LogP contribution < -0.4 is 5.32 Å². The van der Waals surface area contributed by atoms with Gasteiger partial charge in [0.2, 0.25) is 0 Å². The second-order valence-electron chi connectivity index (χ2n) is 5.56. The van der Waals surface area contributed by atoms with Crippen LogP contribution in [0.5, 0.6) is 0 Å². The van der Waals surface area contributed by atoms with Crippen molar-refractivity contribution in [1.29, 1.82) is 0 Å². The van der Waals surface area contributed by atoms with Crippen molar-refractivity contribution < 1.29 is 4.79 Å². The molecule has 1 amide bonds. The second-order valence-corrected chi connectivity index (χ2v) is 7.06. The number of nitrogens with zero attached hydrogens (tertiary/aromatic N) is 5. The van der Waals surface area contributed by atoms with E-state index in [-0.39, 0.29) is 5.91 Å². The van der Waals surface area contributed by atoms with Crippen LogP contribution in [0.15, 0.2) is 42.2 Å². The molecule has 0 radical (unpaired) electrons. The van der Waals surface area contributed by atoms with Crippen molar-refractivity contribution in [2.75, 3.05) is 12.3 Å². The van der Waals surface area contributed by atoms with Gasteiger partial charge in [-0.1, -0.05) is 23.4 Å². The van der Waals surface area contributed by atoms with Crippen LogP contribution in [0.4, 0.5) is 0 Å². The Morgan fingerprint density at radius 1 is 1.40 bits per heavy atom. The highest BCUT2D eigenvalue weighted by Crippen LogP contribution is 2.24. The molecule has 1 N–H and O–H groups in total. The number of hydrogen-bond acceptors (Lipinski definition) is 5. The first kappa shape index (κ1) is 16.2. The minimum Gasteiger partial charge on any atom is -0.352 e. The van der Waals surface area contributed by atoms with Gasteiger partial charge in [-0.15, -0.1) is 0 Å². The summed E-state index contributed by atoms with van der Waals surface area (Å²) in [6, 6.07) is 5.11. The Kier molecular flexibility index (Phi) is 4.46. The summed E-state index contributed by atoms with van der Waals surface area (Å²) < 4.78 is 3.70. The summed E-state index contributed by atoms with van der Waals surface area (Å²) in [5.41, 5.74) is 2.09. The number of carbonyl (C=O) groups excluding carboxylic acids is 1. The van der Waals surface area contributed by atoms with Crippen LogP contribution in [0, 0.1) is 0 Å². The van der Waals surface area contributed by atoms with Crippen molar-refractivity contribution in [3.8, 4) is 5.69 Å². The van der Waals surface area contributed by atoms with E-state index >= 15 is 0 Å². The lowest BCUT2D eigenvalue weighted by atomic mass is 10.1. The standard InChI is InChI=1S/C16H15ClN6OS/c17-11-1-2-14(23-10-18-9-20-23)13(7-11)15(24)19-4-3-12-8-22-5-6-25-16(22)21-12/h1-2,7-10H,3-6H2,(H,19,24). The lowest BCUT2D eigenvalue weighted by Crippen LogP contribution is -2.27. The van der Waals surface area contributed by atoms with E-state index in [0.717, 1.165) is 23.1 Å². The number of aryl methyl sites for hydroxylation is 1. The molecule has 0 spiro atoms. The number of amides is 1. The van der Waals surface area contributed by atoms with Gasteiger partial charge < -0.3 is 9.88 Å². The number of aromatic nitrogens is 5. The molecule has 0 fully saturated rings. The highest BCUT2D eigenvalue weighted by Gasteiger charge is 2.16. The quantitative estimate of drug-likeness (QED) is 0.740. The normalized spacial score (nSPS) is 13.0. The lowest BCUT2D eigenvalue weighted by Gasteiger charge is -2.10. The number of fused-ring (bicyclic) bond motifs is 1. The van der Waals surface area contributed by atoms with Gasteiger partial charge >= 0.3 is 0 Å². The van der Waals surface area contributed by atoms with Crippen molar-refractivity contribution in [2.45, 2.75) is 18.1 Å². The first-order chi connectivity index (χ1) is 12.2. The maximum Gasteiger partial charge on any atom is 0.253 e. The number of carbonyl (C=O) groups is 1. The van der Waals surface area contributed by atoms with E-state index in [1.807, 2.05) is 0 Å². The molecule has 128 valence electrons. The Morgan fingerprint density at radius 3 is 3.12 bits per heavy atom. The van der Waals surface area contributed by atoms with Gasteiger partial charge in [0, 0.05) is 36.5 Å². The van der Waals surface area contributed by atoms with Gasteiger partial charge in [-0.05, 0) is 18.2 Å². The largest absolute Gasteiger partial charge is 0.352 e. The number of imidazole rings is 1. The van der Waals surface area contributed by atoms with Crippen molar-refractivity contribution in [3.63, 3.8) is 0 Å². The van der Waals surface area contributed by atoms with E-state index in [0.29, 0.717) is 29.2 Å². The first-order valence-electron chi connectivity index (χ1n) is 7.82. The SMILES string of the molecule is O=C(NCCc1cn2c(n1)SCC2)c1cc(Cl)ccc1-n1cncn1. The zero-order chi connectivity index (χ0) is 17.2. The maximum absolute atomic E-state index is 12.6. The summed E-state index contributed by atoms with van der Waals surface area (Å²) in [5, 5.41) is 8.57. The number of halogens is 1. The number of thioether (sulfide) groups is 1. The number of nitrogens with one attached hydrogen (secondary N) is 1. The van der Waals surface area contributed by atoms with E-state index in [4.69, 9.17) is 11.6 Å². The van der Waals surface area contributed by atoms with Crippen LogP contribution in [0.3, 0.4) is 0 Å². The minimum absolute atomic E-state index is 0.200. The Bertz CT molecular complexity index is 886. The summed E-state index contributed by atoms with van der Waals surface area (Å²) in [4.78, 5) is 21.1. The summed E-state index contributed by atoms with van der Waals surface area (Å²) in [6.45, 7) is 1.51. The highest BCUT2D eigenvalue weighted by molar-refractivity contribution is 7.99. The molecule has 25 heavy (non-hydrogen) atoms. The molecule has 3 heterocycles. The van der Waals surface area contributed by atoms with Gasteiger partial charge in [0.05, 0.1) is 16.9 Å². The topological polar surface area (TPSA) is 77.6 Å². The van der Waals surface area contributed by atoms with Gasteiger partial charge in [-0.2, -0.15) is 5.10 Å². The van der Waals surface area contributed by atoms with Gasteiger partial charge in [0.1, 0.15) is 12.7 Å². The van der Waals surface area contributed by atoms with Crippen LogP contribution in [0.1, 0.15) is 16.1 Å². The van der Waals surface area contributed by atoms with Crippen LogP contribution in [0.25, 0.3) is 5.69 Å². The van der Waals surface area contributed by atoms with E-state index in [1.165, 1.54) is 6.33 Å². The van der Waals surface area contributed by atoms with Crippen LogP contribution >= 0.6 is 23.4 Å². The summed E-state index contributed by atoms with van der Waals surface area (Å²) >= 11 is 7.82. The van der Waals surface area contributed by atoms with Gasteiger partial charge in [0.25, 0.3) is 5.91 Å². The van der Waals surface area contributed by atoms with Crippen molar-refractivity contribution in [3.05, 3.63) is 53.3 Å². The third-order valence-corrected chi connectivity index (χ3v) is 5.09. The first-order valence-corrected chi connectivity index (χ1v) is 9.18. The molecule has 7 nitrogen and oxygen atoms in total. The fourth-order valence-corrected chi connectivity index (χ4v) is 3.84. The number of rotatable bonds is 5. The molecule has 2 aromatic heterocycles. The Labute approximate surface area is 153 Å². The molecule has 1 aliphatic rings. The molecule has 1 aliphatic heterocycles. The maximum atomic E-state index is 12.6. The predicted octanol–water partition coefficient (Wildman–Crippen LogP) is 2.20. The molecule has 0 saturated heterocycles. The van der Waals surface area contributed by atoms with Gasteiger partial charge in [-0.3, -0.25) is 4.79 Å². The molecule has 0 saturated carbocycles. The fraction of sp³-hybridized carbons (Fsp3) is 0.250. The second kappa shape index (κ2) is 6.89. The molecule has 0 unspecified atom stereocenters. The molecular formula is C16H15ClN6OS. The average molecular weight is 375 g/mol. The van der Waals surface area contributed by atoms with E-state index in [9.17, 15) is 4.79 Å². The predicted molar refractivity (Wildman–Crippen MR) is 95.4 cm³/mol. The minimum atomic E-state index is -0.200. The van der Waals surface area contributed by atoms with Gasteiger partial charge in [-0.25, -0.2) is 14.6 Å². The van der Waals surface area contributed by atoms with Crippen molar-refractivity contribution >= 4 is 29.3 Å². The van der Waals surface area contributed by atoms with Crippen LogP contribution in [0.2, 0.25) is 5.02 Å². The smallest absolute Gasteiger partial charge is 0.253 e. The Morgan fingerprint density at radius 2 is 2.32 bits per heavy atom. The fourth-order valence-electron chi connectivity index (χ4n) is 2.70. The monoisotopic (exact) mass is 374 g/mol. The molecule has 4 rings (SSSR count). The van der Waals surface area contributed by atoms with E-state index in [1.54, 1.807) is 41.0 Å². The highest BCUT2D eigenvalue weighted by atomic mass is 35.5. The number of benzene rings is 1. The van der Waals surface area contributed by atoms with Crippen molar-refractivity contribution in [1.82, 2.24) is 29.6 Å². The third kappa shape index (κ3) is 3.40. The van der Waals surface area contributed by atoms with Crippen molar-refractivity contribution in [2.24, 2.45) is 0 Å². The molecular weight excluding hydrogens is 360 g/mol. The third-order valence-electron chi connectivity index (χ3n) is 3.89. The van der Waals surface area contributed by atoms with Crippen LogP contribution in [-0.2, 0) is 13.0 Å². The summed E-state index contributed by atoms with van der Waals surface area (Å²) in [5.74, 6) is 0.883. The molecule has 1 aromatic carbocycles. The van der Waals surface area contributed by atoms with E-state index < -0.39 is 0 Å². The van der Waals surface area contributed by atoms with E-state index in [2.05, 4.69) is 31.1 Å². The molecule has 9 heteroatoms. The Hall–Kier alpha value is -2.32. The zero-order valence-corrected chi connectivity index (χ0v) is 14.8. The van der Waals surface area contributed by atoms with Gasteiger partial charge in [0.15, 0.2) is 5.16 Å². The molecule has 0 atom stereocenters. The average Bonchev–Trinajstić information content (AvgIpc) is 3.31. The zero-order valence-electron chi connectivity index (χ0n) is 13.2. The molecule has 0 aliphatic carbocycles.